The Morgan fingerprint density at radius 1 is 1.07 bits per heavy atom. The van der Waals surface area contributed by atoms with E-state index >= 15 is 0 Å². The lowest BCUT2D eigenvalue weighted by Gasteiger charge is -2.18. The molecule has 0 amide bonds. The number of hydrogen-bond donors (Lipinski definition) is 2. The van der Waals surface area contributed by atoms with Crippen LogP contribution in [0.3, 0.4) is 0 Å². The highest BCUT2D eigenvalue weighted by Crippen LogP contribution is 1.98. The molecule has 0 aliphatic heterocycles. The van der Waals surface area contributed by atoms with Gasteiger partial charge in [0.2, 0.25) is 0 Å². The molecule has 0 heterocycles. The second-order valence-corrected chi connectivity index (χ2v) is 2.99. The predicted molar refractivity (Wildman–Crippen MR) is 51.1 cm³/mol. The van der Waals surface area contributed by atoms with Crippen molar-refractivity contribution in [1.29, 1.82) is 0 Å². The Bertz CT molecular complexity index is 147. The lowest BCUT2D eigenvalue weighted by Crippen LogP contribution is -2.30. The van der Waals surface area contributed by atoms with Crippen molar-refractivity contribution in [3.05, 3.63) is 0 Å². The molecule has 0 saturated heterocycles. The molecule has 0 aromatic heterocycles. The van der Waals surface area contributed by atoms with Gasteiger partial charge in [0, 0.05) is 0 Å². The Labute approximate surface area is 88.7 Å². The van der Waals surface area contributed by atoms with Gasteiger partial charge in [0.25, 0.3) is 0 Å². The monoisotopic (exact) mass is 222 g/mol. The Hall–Kier alpha value is -0.530. The van der Waals surface area contributed by atoms with Gasteiger partial charge in [0.05, 0.1) is 13.2 Å². The van der Waals surface area contributed by atoms with E-state index in [0.29, 0.717) is 6.29 Å². The summed E-state index contributed by atoms with van der Waals surface area (Å²) in [5.74, 6) is 0. The third-order valence-corrected chi connectivity index (χ3v) is 1.45. The van der Waals surface area contributed by atoms with Gasteiger partial charge in [-0.15, -0.1) is 0 Å². The third-order valence-electron chi connectivity index (χ3n) is 1.45. The summed E-state index contributed by atoms with van der Waals surface area (Å²) in [5, 5.41) is 17.7. The second kappa shape index (κ2) is 8.75. The molecule has 0 bridgehead atoms. The van der Waals surface area contributed by atoms with Crippen LogP contribution in [0.25, 0.3) is 0 Å². The van der Waals surface area contributed by atoms with Gasteiger partial charge in [-0.1, -0.05) is 0 Å². The average molecular weight is 222 g/mol. The quantitative estimate of drug-likeness (QED) is 0.395. The standard InChI is InChI=1S/C9H18O6/c1-7(11)14-5-9(13-4-3-10)6-15-8(2)12/h3,7-9,11-12H,4-6H2,1-2H3. The van der Waals surface area contributed by atoms with Crippen LogP contribution in [-0.4, -0.2) is 55.0 Å². The van der Waals surface area contributed by atoms with Crippen LogP contribution in [0.2, 0.25) is 0 Å². The average Bonchev–Trinajstić information content (AvgIpc) is 2.16. The van der Waals surface area contributed by atoms with Gasteiger partial charge in [0.1, 0.15) is 19.0 Å². The molecule has 6 nitrogen and oxygen atoms in total. The van der Waals surface area contributed by atoms with Crippen LogP contribution < -0.4 is 0 Å². The van der Waals surface area contributed by atoms with E-state index in [-0.39, 0.29) is 19.8 Å². The zero-order chi connectivity index (χ0) is 11.7. The first kappa shape index (κ1) is 14.5. The van der Waals surface area contributed by atoms with Gasteiger partial charge in [-0.05, 0) is 13.8 Å². The van der Waals surface area contributed by atoms with Crippen molar-refractivity contribution in [1.82, 2.24) is 0 Å². The summed E-state index contributed by atoms with van der Waals surface area (Å²) in [6.07, 6.45) is -1.69. The minimum atomic E-state index is -0.904. The molecule has 0 rings (SSSR count). The topological polar surface area (TPSA) is 85.2 Å². The zero-order valence-corrected chi connectivity index (χ0v) is 8.96. The fourth-order valence-corrected chi connectivity index (χ4v) is 0.813. The molecule has 15 heavy (non-hydrogen) atoms. The van der Waals surface area contributed by atoms with Gasteiger partial charge >= 0.3 is 0 Å². The first-order chi connectivity index (χ1) is 7.06. The highest BCUT2D eigenvalue weighted by atomic mass is 16.6. The number of rotatable bonds is 9. The molecule has 0 spiro atoms. The molecule has 6 heteroatoms. The SMILES string of the molecule is CC(O)OCC(COC(C)O)OCC=O. The van der Waals surface area contributed by atoms with Gasteiger partial charge in [-0.2, -0.15) is 0 Å². The van der Waals surface area contributed by atoms with Crippen LogP contribution in [0.4, 0.5) is 0 Å². The molecule has 0 aliphatic carbocycles. The molecule has 0 radical (unpaired) electrons. The molecule has 0 fully saturated rings. The van der Waals surface area contributed by atoms with Gasteiger partial charge in [-0.3, -0.25) is 0 Å². The Kier molecular flexibility index (Phi) is 8.44. The fourth-order valence-electron chi connectivity index (χ4n) is 0.813. The molecule has 0 aliphatic rings. The Morgan fingerprint density at radius 3 is 1.87 bits per heavy atom. The highest BCUT2D eigenvalue weighted by molar-refractivity contribution is 5.50. The molecule has 0 aromatic rings. The number of aliphatic hydroxyl groups is 2. The molecule has 0 aromatic carbocycles. The van der Waals surface area contributed by atoms with Crippen molar-refractivity contribution in [2.75, 3.05) is 19.8 Å². The van der Waals surface area contributed by atoms with E-state index in [1.165, 1.54) is 13.8 Å². The maximum absolute atomic E-state index is 10.1. The van der Waals surface area contributed by atoms with E-state index in [9.17, 15) is 4.79 Å². The first-order valence-electron chi connectivity index (χ1n) is 4.70. The van der Waals surface area contributed by atoms with Crippen molar-refractivity contribution < 1.29 is 29.2 Å². The molecule has 0 saturated carbocycles. The minimum absolute atomic E-state index is 0.0724. The number of carbonyl (C=O) groups excluding carboxylic acids is 1. The van der Waals surface area contributed by atoms with E-state index < -0.39 is 18.7 Å². The lowest BCUT2D eigenvalue weighted by molar-refractivity contribution is -0.159. The summed E-state index contributed by atoms with van der Waals surface area (Å²) in [6.45, 7) is 3.05. The van der Waals surface area contributed by atoms with Crippen LogP contribution in [-0.2, 0) is 19.0 Å². The van der Waals surface area contributed by atoms with E-state index in [1.807, 2.05) is 0 Å². The third kappa shape index (κ3) is 9.77. The number of hydrogen-bond acceptors (Lipinski definition) is 6. The Morgan fingerprint density at radius 2 is 1.53 bits per heavy atom. The number of carbonyl (C=O) groups is 1. The summed E-state index contributed by atoms with van der Waals surface area (Å²) in [4.78, 5) is 10.1. The van der Waals surface area contributed by atoms with Crippen molar-refractivity contribution in [3.63, 3.8) is 0 Å². The first-order valence-corrected chi connectivity index (χ1v) is 4.70. The molecular weight excluding hydrogens is 204 g/mol. The Balaban J connectivity index is 3.77. The summed E-state index contributed by atoms with van der Waals surface area (Å²) in [5.41, 5.74) is 0. The van der Waals surface area contributed by atoms with E-state index in [4.69, 9.17) is 24.4 Å². The molecular formula is C9H18O6. The second-order valence-electron chi connectivity index (χ2n) is 2.99. The van der Waals surface area contributed by atoms with Crippen molar-refractivity contribution in [2.24, 2.45) is 0 Å². The highest BCUT2D eigenvalue weighted by Gasteiger charge is 2.12. The van der Waals surface area contributed by atoms with E-state index in [1.54, 1.807) is 0 Å². The zero-order valence-electron chi connectivity index (χ0n) is 8.96. The molecule has 2 unspecified atom stereocenters. The maximum atomic E-state index is 10.1. The lowest BCUT2D eigenvalue weighted by atomic mass is 10.4. The largest absolute Gasteiger partial charge is 0.368 e. The summed E-state index contributed by atoms with van der Waals surface area (Å²) in [7, 11) is 0. The van der Waals surface area contributed by atoms with Crippen molar-refractivity contribution in [2.45, 2.75) is 32.5 Å². The van der Waals surface area contributed by atoms with E-state index in [2.05, 4.69) is 0 Å². The summed E-state index contributed by atoms with van der Waals surface area (Å²) < 4.78 is 14.8. The van der Waals surface area contributed by atoms with Crippen LogP contribution in [0.15, 0.2) is 0 Å². The number of aldehydes is 1. The van der Waals surface area contributed by atoms with Crippen molar-refractivity contribution >= 4 is 6.29 Å². The fraction of sp³-hybridized carbons (Fsp3) is 0.889. The molecule has 2 N–H and O–H groups in total. The number of aliphatic hydroxyl groups excluding tert-OH is 2. The van der Waals surface area contributed by atoms with Crippen LogP contribution >= 0.6 is 0 Å². The predicted octanol–water partition coefficient (Wildman–Crippen LogP) is -0.720. The minimum Gasteiger partial charge on any atom is -0.368 e. The van der Waals surface area contributed by atoms with Crippen LogP contribution in [0, 0.1) is 0 Å². The molecule has 90 valence electrons. The van der Waals surface area contributed by atoms with Crippen molar-refractivity contribution in [3.8, 4) is 0 Å². The van der Waals surface area contributed by atoms with Gasteiger partial charge < -0.3 is 29.2 Å². The molecule has 2 atom stereocenters. The summed E-state index contributed by atoms with van der Waals surface area (Å²) in [6, 6.07) is 0. The van der Waals surface area contributed by atoms with Crippen LogP contribution in [0.5, 0.6) is 0 Å². The summed E-state index contributed by atoms with van der Waals surface area (Å²) >= 11 is 0. The van der Waals surface area contributed by atoms with Crippen LogP contribution in [0.1, 0.15) is 13.8 Å². The van der Waals surface area contributed by atoms with Gasteiger partial charge in [0.15, 0.2) is 12.6 Å². The van der Waals surface area contributed by atoms with E-state index in [0.717, 1.165) is 0 Å². The normalized spacial score (nSPS) is 17.1. The smallest absolute Gasteiger partial charge is 0.151 e. The number of ether oxygens (including phenoxy) is 3. The maximum Gasteiger partial charge on any atom is 0.151 e. The van der Waals surface area contributed by atoms with Gasteiger partial charge in [-0.25, -0.2) is 0 Å².